The number of aromatic amines is 1. The number of nitrogens with zero attached hydrogens (tertiary/aromatic N) is 3. The number of carbonyl (C=O) groups is 2. The lowest BCUT2D eigenvalue weighted by atomic mass is 10.1. The van der Waals surface area contributed by atoms with Crippen LogP contribution in [-0.4, -0.2) is 44.4 Å². The molecule has 1 fully saturated rings. The zero-order valence-electron chi connectivity index (χ0n) is 17.6. The molecule has 1 aliphatic carbocycles. The second kappa shape index (κ2) is 7.63. The molecule has 1 aromatic carbocycles. The van der Waals surface area contributed by atoms with E-state index in [0.29, 0.717) is 28.3 Å². The smallest absolute Gasteiger partial charge is 0.309 e. The Labute approximate surface area is 182 Å². The van der Waals surface area contributed by atoms with Gasteiger partial charge >= 0.3 is 11.8 Å². The molecule has 1 saturated carbocycles. The first kappa shape index (κ1) is 20.0. The summed E-state index contributed by atoms with van der Waals surface area (Å²) in [5.41, 5.74) is 4.14. The molecule has 0 spiro atoms. The van der Waals surface area contributed by atoms with Crippen LogP contribution >= 0.6 is 0 Å². The summed E-state index contributed by atoms with van der Waals surface area (Å²) in [5, 5.41) is 9.10. The van der Waals surface area contributed by atoms with Gasteiger partial charge in [-0.25, -0.2) is 14.4 Å². The van der Waals surface area contributed by atoms with Crippen molar-refractivity contribution in [2.75, 3.05) is 12.4 Å². The summed E-state index contributed by atoms with van der Waals surface area (Å²) in [6.07, 6.45) is 3.51. The van der Waals surface area contributed by atoms with Crippen molar-refractivity contribution < 1.29 is 14.0 Å². The van der Waals surface area contributed by atoms with Crippen molar-refractivity contribution in [3.05, 3.63) is 42.0 Å². The first-order chi connectivity index (χ1) is 15.4. The molecule has 1 aliphatic rings. The molecule has 164 valence electrons. The van der Waals surface area contributed by atoms with Crippen LogP contribution < -0.4 is 16.0 Å². The van der Waals surface area contributed by atoms with Gasteiger partial charge < -0.3 is 25.5 Å². The Kier molecular flexibility index (Phi) is 4.76. The summed E-state index contributed by atoms with van der Waals surface area (Å²) in [4.78, 5) is 36.1. The van der Waals surface area contributed by atoms with E-state index >= 15 is 0 Å². The number of aryl methyl sites for hydroxylation is 1. The van der Waals surface area contributed by atoms with Crippen LogP contribution in [0, 0.1) is 5.82 Å². The van der Waals surface area contributed by atoms with E-state index in [1.807, 2.05) is 17.7 Å². The number of nitrogens with one attached hydrogen (secondary N) is 4. The molecule has 0 unspecified atom stereocenters. The van der Waals surface area contributed by atoms with Crippen molar-refractivity contribution in [1.29, 1.82) is 0 Å². The predicted molar refractivity (Wildman–Crippen MR) is 118 cm³/mol. The third-order valence-electron chi connectivity index (χ3n) is 5.51. The zero-order valence-corrected chi connectivity index (χ0v) is 17.6. The fourth-order valence-corrected chi connectivity index (χ4v) is 3.78. The fourth-order valence-electron chi connectivity index (χ4n) is 3.78. The van der Waals surface area contributed by atoms with E-state index < -0.39 is 17.6 Å². The predicted octanol–water partition coefficient (Wildman–Crippen LogP) is 2.19. The van der Waals surface area contributed by atoms with Gasteiger partial charge in [-0.15, -0.1) is 0 Å². The van der Waals surface area contributed by atoms with E-state index in [9.17, 15) is 14.0 Å². The summed E-state index contributed by atoms with van der Waals surface area (Å²) in [6, 6.07) is 6.52. The van der Waals surface area contributed by atoms with Gasteiger partial charge in [-0.2, -0.15) is 0 Å². The van der Waals surface area contributed by atoms with Gasteiger partial charge in [-0.3, -0.25) is 9.59 Å². The summed E-state index contributed by atoms with van der Waals surface area (Å²) >= 11 is 0. The Morgan fingerprint density at radius 1 is 1.22 bits per heavy atom. The minimum atomic E-state index is -0.726. The van der Waals surface area contributed by atoms with Crippen LogP contribution in [0.1, 0.15) is 18.4 Å². The summed E-state index contributed by atoms with van der Waals surface area (Å²) in [7, 11) is 3.69. The van der Waals surface area contributed by atoms with Crippen LogP contribution in [0.4, 0.5) is 10.2 Å². The fraction of sp³-hybridized carbons (Fsp3) is 0.273. The number of halogens is 1. The number of hydrogen-bond acceptors (Lipinski definition) is 5. The van der Waals surface area contributed by atoms with E-state index in [1.54, 1.807) is 19.4 Å². The average molecular weight is 435 g/mol. The quantitative estimate of drug-likeness (QED) is 0.359. The van der Waals surface area contributed by atoms with Gasteiger partial charge in [0.05, 0.1) is 11.8 Å². The molecule has 9 nitrogen and oxygen atoms in total. The highest BCUT2D eigenvalue weighted by Crippen LogP contribution is 2.32. The Hall–Kier alpha value is -3.95. The first-order valence-electron chi connectivity index (χ1n) is 10.3. The van der Waals surface area contributed by atoms with Crippen molar-refractivity contribution in [2.45, 2.75) is 25.4 Å². The topological polar surface area (TPSA) is 117 Å². The SMILES string of the molecule is CNc1nc2[nH]c(-c3cc(F)cc(CNC(=O)C(=O)NC4CC4)c3)cc2c2c1ncn2C. The number of aromatic nitrogens is 4. The molecule has 0 atom stereocenters. The normalized spacial score (nSPS) is 13.5. The summed E-state index contributed by atoms with van der Waals surface area (Å²) in [6.45, 7) is 0.0377. The van der Waals surface area contributed by atoms with Gasteiger partial charge in [0.25, 0.3) is 0 Å². The van der Waals surface area contributed by atoms with E-state index in [1.165, 1.54) is 12.1 Å². The van der Waals surface area contributed by atoms with Crippen molar-refractivity contribution in [3.8, 4) is 11.3 Å². The molecular formula is C22H22FN7O2. The third-order valence-corrected chi connectivity index (χ3v) is 5.51. The molecule has 3 aromatic heterocycles. The Morgan fingerprint density at radius 2 is 2.03 bits per heavy atom. The number of fused-ring (bicyclic) bond motifs is 3. The minimum Gasteiger partial charge on any atom is -0.371 e. The number of benzene rings is 1. The molecule has 3 heterocycles. The maximum absolute atomic E-state index is 14.4. The van der Waals surface area contributed by atoms with Crippen molar-refractivity contribution in [3.63, 3.8) is 0 Å². The highest BCUT2D eigenvalue weighted by atomic mass is 19.1. The molecule has 2 amide bonds. The van der Waals surface area contributed by atoms with Gasteiger partial charge in [-0.1, -0.05) is 0 Å². The number of pyridine rings is 1. The van der Waals surface area contributed by atoms with Crippen molar-refractivity contribution in [2.24, 2.45) is 7.05 Å². The van der Waals surface area contributed by atoms with Gasteiger partial charge in [0.2, 0.25) is 0 Å². The van der Waals surface area contributed by atoms with E-state index in [2.05, 4.69) is 30.9 Å². The standard InChI is InChI=1S/C22H22FN7O2/c1-24-20-17-18(30(2)10-26-17)15-8-16(28-19(15)29-20)12-5-11(6-13(23)7-12)9-25-21(31)22(32)27-14-3-4-14/h5-8,10,14H,3-4,9H2,1-2H3,(H,25,31)(H,27,32)(H2,24,28,29). The maximum atomic E-state index is 14.4. The van der Waals surface area contributed by atoms with Gasteiger partial charge in [-0.05, 0) is 42.7 Å². The molecule has 0 aliphatic heterocycles. The number of anilines is 1. The molecule has 0 bridgehead atoms. The highest BCUT2D eigenvalue weighted by Gasteiger charge is 2.26. The molecule has 0 radical (unpaired) electrons. The Bertz CT molecular complexity index is 1370. The number of hydrogen-bond donors (Lipinski definition) is 4. The van der Waals surface area contributed by atoms with Crippen LogP contribution in [0.5, 0.6) is 0 Å². The zero-order chi connectivity index (χ0) is 22.4. The average Bonchev–Trinajstić information content (AvgIpc) is 3.35. The lowest BCUT2D eigenvalue weighted by Gasteiger charge is -2.08. The number of amides is 2. The molecular weight excluding hydrogens is 413 g/mol. The molecule has 32 heavy (non-hydrogen) atoms. The van der Waals surface area contributed by atoms with Crippen molar-refractivity contribution >= 4 is 39.7 Å². The van der Waals surface area contributed by atoms with Gasteiger partial charge in [0, 0.05) is 43.3 Å². The molecule has 0 saturated heterocycles. The second-order valence-corrected chi connectivity index (χ2v) is 7.99. The highest BCUT2D eigenvalue weighted by molar-refractivity contribution is 6.35. The molecule has 10 heteroatoms. The summed E-state index contributed by atoms with van der Waals surface area (Å²) in [5.74, 6) is -1.18. The largest absolute Gasteiger partial charge is 0.371 e. The number of imidazole rings is 1. The van der Waals surface area contributed by atoms with E-state index in [-0.39, 0.29) is 12.6 Å². The second-order valence-electron chi connectivity index (χ2n) is 7.99. The summed E-state index contributed by atoms with van der Waals surface area (Å²) < 4.78 is 16.3. The van der Waals surface area contributed by atoms with E-state index in [0.717, 1.165) is 29.3 Å². The van der Waals surface area contributed by atoms with Gasteiger partial charge in [0.15, 0.2) is 5.82 Å². The van der Waals surface area contributed by atoms with Gasteiger partial charge in [0.1, 0.15) is 17.0 Å². The van der Waals surface area contributed by atoms with Crippen LogP contribution in [0.3, 0.4) is 0 Å². The lowest BCUT2D eigenvalue weighted by molar-refractivity contribution is -0.139. The molecule has 4 aromatic rings. The van der Waals surface area contributed by atoms with E-state index in [4.69, 9.17) is 0 Å². The lowest BCUT2D eigenvalue weighted by Crippen LogP contribution is -2.40. The minimum absolute atomic E-state index is 0.0377. The van der Waals surface area contributed by atoms with Crippen LogP contribution in [-0.2, 0) is 23.2 Å². The van der Waals surface area contributed by atoms with Crippen molar-refractivity contribution in [1.82, 2.24) is 30.2 Å². The first-order valence-corrected chi connectivity index (χ1v) is 10.3. The number of rotatable bonds is 5. The van der Waals surface area contributed by atoms with Crippen LogP contribution in [0.25, 0.3) is 33.3 Å². The third kappa shape index (κ3) is 3.64. The Balaban J connectivity index is 1.45. The number of H-pyrrole nitrogens is 1. The number of carbonyl (C=O) groups excluding carboxylic acids is 2. The van der Waals surface area contributed by atoms with Crippen LogP contribution in [0.2, 0.25) is 0 Å². The van der Waals surface area contributed by atoms with Crippen LogP contribution in [0.15, 0.2) is 30.6 Å². The molecule has 4 N–H and O–H groups in total. The Morgan fingerprint density at radius 3 is 2.78 bits per heavy atom. The monoisotopic (exact) mass is 435 g/mol. The maximum Gasteiger partial charge on any atom is 0.309 e. The molecule has 5 rings (SSSR count).